The van der Waals surface area contributed by atoms with Crippen molar-refractivity contribution >= 4 is 23.2 Å². The first kappa shape index (κ1) is 26.3. The fourth-order valence-corrected chi connectivity index (χ4v) is 6.06. The maximum Gasteiger partial charge on any atom is 0.254 e. The Morgan fingerprint density at radius 1 is 1.13 bits per heavy atom. The van der Waals surface area contributed by atoms with E-state index in [1.165, 1.54) is 10.4 Å². The highest BCUT2D eigenvalue weighted by molar-refractivity contribution is 7.10. The van der Waals surface area contributed by atoms with Crippen LogP contribution in [0.3, 0.4) is 0 Å². The van der Waals surface area contributed by atoms with Crippen LogP contribution in [-0.2, 0) is 16.0 Å². The monoisotopic (exact) mass is 534 g/mol. The van der Waals surface area contributed by atoms with Crippen LogP contribution in [0.4, 0.5) is 0 Å². The Balaban J connectivity index is 1.35. The average molecular weight is 535 g/mol. The number of fused-ring (bicyclic) bond motifs is 1. The zero-order chi connectivity index (χ0) is 26.5. The first-order valence-electron chi connectivity index (χ1n) is 13.1. The van der Waals surface area contributed by atoms with Gasteiger partial charge in [0.25, 0.3) is 5.91 Å². The number of carbonyl (C=O) groups excluding carboxylic acids is 2. The molecule has 3 heterocycles. The van der Waals surface area contributed by atoms with Gasteiger partial charge in [-0.2, -0.15) is 0 Å². The van der Waals surface area contributed by atoms with Gasteiger partial charge >= 0.3 is 0 Å². The maximum atomic E-state index is 13.9. The summed E-state index contributed by atoms with van der Waals surface area (Å²) in [6.45, 7) is 4.03. The second-order valence-electron chi connectivity index (χ2n) is 9.83. The number of hydrogen-bond acceptors (Lipinski definition) is 6. The van der Waals surface area contributed by atoms with Crippen LogP contribution in [-0.4, -0.2) is 67.7 Å². The van der Waals surface area contributed by atoms with E-state index < -0.39 is 0 Å². The predicted molar refractivity (Wildman–Crippen MR) is 147 cm³/mol. The van der Waals surface area contributed by atoms with Crippen LogP contribution in [0.15, 0.2) is 60.0 Å². The topological polar surface area (TPSA) is 68.3 Å². The molecule has 0 N–H and O–H groups in total. The fraction of sp³-hybridized carbons (Fsp3) is 0.400. The summed E-state index contributed by atoms with van der Waals surface area (Å²) in [6.07, 6.45) is 2.58. The fourth-order valence-electron chi connectivity index (χ4n) is 5.13. The number of nitrogens with zero attached hydrogens (tertiary/aromatic N) is 2. The molecule has 5 rings (SSSR count). The van der Waals surface area contributed by atoms with Crippen molar-refractivity contribution in [1.29, 1.82) is 0 Å². The summed E-state index contributed by atoms with van der Waals surface area (Å²) < 4.78 is 17.3. The van der Waals surface area contributed by atoms with Gasteiger partial charge < -0.3 is 24.0 Å². The first-order valence-corrected chi connectivity index (χ1v) is 14.0. The number of ether oxygens (including phenoxy) is 3. The van der Waals surface area contributed by atoms with Crippen molar-refractivity contribution in [1.82, 2.24) is 9.80 Å². The van der Waals surface area contributed by atoms with Crippen molar-refractivity contribution in [2.24, 2.45) is 0 Å². The zero-order valence-corrected chi connectivity index (χ0v) is 22.7. The lowest BCUT2D eigenvalue weighted by molar-refractivity contribution is -0.135. The zero-order valence-electron chi connectivity index (χ0n) is 21.9. The van der Waals surface area contributed by atoms with Gasteiger partial charge in [-0.25, -0.2) is 0 Å². The SMILES string of the molecule is COc1cccc(C(=O)N(CC(=O)N2CCc3sccc3[C@H]2COc2ccc(C)cc2)C[C@H]2CCCO2)c1. The number of thiophene rings is 1. The molecule has 3 aromatic rings. The summed E-state index contributed by atoms with van der Waals surface area (Å²) in [4.78, 5) is 32.3. The molecule has 2 atom stereocenters. The first-order chi connectivity index (χ1) is 18.5. The molecule has 0 saturated carbocycles. The minimum Gasteiger partial charge on any atom is -0.497 e. The molecule has 1 fully saturated rings. The summed E-state index contributed by atoms with van der Waals surface area (Å²) in [7, 11) is 1.57. The third-order valence-corrected chi connectivity index (χ3v) is 8.22. The van der Waals surface area contributed by atoms with E-state index in [1.54, 1.807) is 47.6 Å². The number of aryl methyl sites for hydroxylation is 1. The van der Waals surface area contributed by atoms with E-state index in [9.17, 15) is 9.59 Å². The van der Waals surface area contributed by atoms with E-state index in [-0.39, 0.29) is 30.5 Å². The number of benzene rings is 2. The van der Waals surface area contributed by atoms with Crippen LogP contribution in [0.2, 0.25) is 0 Å². The molecule has 38 heavy (non-hydrogen) atoms. The number of amides is 2. The highest BCUT2D eigenvalue weighted by Crippen LogP contribution is 2.34. The van der Waals surface area contributed by atoms with Crippen molar-refractivity contribution in [2.45, 2.75) is 38.3 Å². The summed E-state index contributed by atoms with van der Waals surface area (Å²) in [5, 5.41) is 2.08. The van der Waals surface area contributed by atoms with Crippen LogP contribution < -0.4 is 9.47 Å². The molecule has 0 spiro atoms. The standard InChI is InChI=1S/C30H34N2O5S/c1-21-8-10-23(11-9-21)37-20-27-26-13-16-38-28(26)12-14-32(27)29(33)19-31(18-25-7-4-15-36-25)30(34)22-5-3-6-24(17-22)35-2/h3,5-6,8-11,13,16-17,25,27H,4,7,12,14-15,18-20H2,1-2H3/t25-,27-/m1/s1. The molecule has 7 nitrogen and oxygen atoms in total. The Morgan fingerprint density at radius 3 is 2.74 bits per heavy atom. The normalized spacial score (nSPS) is 18.6. The summed E-state index contributed by atoms with van der Waals surface area (Å²) >= 11 is 1.72. The Kier molecular flexibility index (Phi) is 8.29. The van der Waals surface area contributed by atoms with Gasteiger partial charge in [0.1, 0.15) is 24.7 Å². The van der Waals surface area contributed by atoms with Crippen molar-refractivity contribution < 1.29 is 23.8 Å². The molecule has 0 aliphatic carbocycles. The summed E-state index contributed by atoms with van der Waals surface area (Å²) in [6, 6.07) is 16.9. The maximum absolute atomic E-state index is 13.9. The van der Waals surface area contributed by atoms with E-state index in [4.69, 9.17) is 14.2 Å². The Labute approximate surface area is 227 Å². The van der Waals surface area contributed by atoms with E-state index in [2.05, 4.69) is 11.4 Å². The molecule has 1 saturated heterocycles. The van der Waals surface area contributed by atoms with Crippen molar-refractivity contribution in [3.8, 4) is 11.5 Å². The number of rotatable bonds is 9. The Morgan fingerprint density at radius 2 is 1.97 bits per heavy atom. The lowest BCUT2D eigenvalue weighted by Crippen LogP contribution is -2.49. The third kappa shape index (κ3) is 6.03. The van der Waals surface area contributed by atoms with E-state index in [0.717, 1.165) is 30.6 Å². The molecule has 2 amide bonds. The molecule has 0 unspecified atom stereocenters. The summed E-state index contributed by atoms with van der Waals surface area (Å²) in [5.41, 5.74) is 2.79. The smallest absolute Gasteiger partial charge is 0.254 e. The number of carbonyl (C=O) groups is 2. The van der Waals surface area contributed by atoms with Gasteiger partial charge in [0.15, 0.2) is 0 Å². The van der Waals surface area contributed by atoms with Crippen LogP contribution in [0.5, 0.6) is 11.5 Å². The van der Waals surface area contributed by atoms with E-state index in [0.29, 0.717) is 37.6 Å². The Hall–Kier alpha value is -3.36. The van der Waals surface area contributed by atoms with Gasteiger partial charge in [0.2, 0.25) is 5.91 Å². The lowest BCUT2D eigenvalue weighted by Gasteiger charge is -2.37. The average Bonchev–Trinajstić information content (AvgIpc) is 3.64. The van der Waals surface area contributed by atoms with Gasteiger partial charge in [-0.15, -0.1) is 11.3 Å². The van der Waals surface area contributed by atoms with Gasteiger partial charge in [0, 0.05) is 30.1 Å². The highest BCUT2D eigenvalue weighted by atomic mass is 32.1. The second kappa shape index (κ2) is 12.0. The van der Waals surface area contributed by atoms with Gasteiger partial charge in [0.05, 0.1) is 19.3 Å². The quantitative estimate of drug-likeness (QED) is 0.391. The van der Waals surface area contributed by atoms with E-state index >= 15 is 0 Å². The van der Waals surface area contributed by atoms with Gasteiger partial charge in [-0.3, -0.25) is 9.59 Å². The highest BCUT2D eigenvalue weighted by Gasteiger charge is 2.34. The summed E-state index contributed by atoms with van der Waals surface area (Å²) in [5.74, 6) is 1.09. The molecule has 1 aromatic heterocycles. The molecule has 8 heteroatoms. The predicted octanol–water partition coefficient (Wildman–Crippen LogP) is 4.89. The molecular formula is C30H34N2O5S. The van der Waals surface area contributed by atoms with Crippen molar-refractivity contribution in [3.63, 3.8) is 0 Å². The van der Waals surface area contributed by atoms with Gasteiger partial charge in [-0.1, -0.05) is 23.8 Å². The molecule has 200 valence electrons. The van der Waals surface area contributed by atoms with E-state index in [1.807, 2.05) is 36.1 Å². The number of methoxy groups -OCH3 is 1. The number of hydrogen-bond donors (Lipinski definition) is 0. The molecule has 0 radical (unpaired) electrons. The third-order valence-electron chi connectivity index (χ3n) is 7.22. The second-order valence-corrected chi connectivity index (χ2v) is 10.8. The Bertz CT molecular complexity index is 1250. The minimum absolute atomic E-state index is 0.0175. The largest absolute Gasteiger partial charge is 0.497 e. The molecule has 0 bridgehead atoms. The van der Waals surface area contributed by atoms with Crippen molar-refractivity contribution in [3.05, 3.63) is 81.5 Å². The van der Waals surface area contributed by atoms with Crippen LogP contribution in [0.25, 0.3) is 0 Å². The van der Waals surface area contributed by atoms with Gasteiger partial charge in [-0.05, 0) is 73.5 Å². The molecule has 2 aromatic carbocycles. The van der Waals surface area contributed by atoms with Crippen LogP contribution in [0, 0.1) is 6.92 Å². The van der Waals surface area contributed by atoms with Crippen LogP contribution in [0.1, 0.15) is 45.2 Å². The van der Waals surface area contributed by atoms with Crippen molar-refractivity contribution in [2.75, 3.05) is 40.0 Å². The lowest BCUT2D eigenvalue weighted by atomic mass is 10.00. The minimum atomic E-state index is -0.213. The van der Waals surface area contributed by atoms with Crippen LogP contribution >= 0.6 is 11.3 Å². The molecule has 2 aliphatic heterocycles. The molecule has 2 aliphatic rings. The molecular weight excluding hydrogens is 500 g/mol.